The van der Waals surface area contributed by atoms with Gasteiger partial charge in [-0.25, -0.2) is 4.98 Å². The first-order valence-electron chi connectivity index (χ1n) is 5.46. The Morgan fingerprint density at radius 2 is 2.05 bits per heavy atom. The third-order valence-electron chi connectivity index (χ3n) is 2.43. The van der Waals surface area contributed by atoms with Gasteiger partial charge in [0.2, 0.25) is 0 Å². The number of pyridine rings is 1. The highest BCUT2D eigenvalue weighted by atomic mass is 79.9. The van der Waals surface area contributed by atoms with Crippen LogP contribution in [0.2, 0.25) is 10.0 Å². The first kappa shape index (κ1) is 15.7. The molecule has 0 spiro atoms. The lowest BCUT2D eigenvalue weighted by Gasteiger charge is -2.07. The normalized spacial score (nSPS) is 10.2. The fourth-order valence-corrected chi connectivity index (χ4v) is 2.26. The summed E-state index contributed by atoms with van der Waals surface area (Å²) in [6, 6.07) is 7.07. The molecule has 0 unspecified atom stereocenters. The molecule has 6 nitrogen and oxygen atoms in total. The Hall–Kier alpha value is -1.70. The van der Waals surface area contributed by atoms with Crippen molar-refractivity contribution in [2.45, 2.75) is 0 Å². The van der Waals surface area contributed by atoms with Crippen LogP contribution in [-0.2, 0) is 0 Å². The number of hydrogen-bond acceptors (Lipinski definition) is 4. The van der Waals surface area contributed by atoms with Crippen molar-refractivity contribution >= 4 is 56.5 Å². The van der Waals surface area contributed by atoms with Gasteiger partial charge in [0.15, 0.2) is 0 Å². The summed E-state index contributed by atoms with van der Waals surface area (Å²) >= 11 is 14.9. The molecule has 2 aromatic rings. The molecule has 0 atom stereocenters. The third kappa shape index (κ3) is 3.69. The predicted molar refractivity (Wildman–Crippen MR) is 83.0 cm³/mol. The molecular formula is C12H6BrCl2N3O3. The highest BCUT2D eigenvalue weighted by Crippen LogP contribution is 2.31. The van der Waals surface area contributed by atoms with E-state index in [1.54, 1.807) is 18.2 Å². The van der Waals surface area contributed by atoms with Crippen LogP contribution in [0.15, 0.2) is 34.9 Å². The summed E-state index contributed by atoms with van der Waals surface area (Å²) in [4.78, 5) is 26.3. The van der Waals surface area contributed by atoms with Crippen LogP contribution < -0.4 is 5.32 Å². The summed E-state index contributed by atoms with van der Waals surface area (Å²) in [5, 5.41) is 13.2. The van der Waals surface area contributed by atoms with Gasteiger partial charge in [-0.2, -0.15) is 0 Å². The summed E-state index contributed by atoms with van der Waals surface area (Å²) in [6.07, 6.45) is 0. The molecule has 0 bridgehead atoms. The third-order valence-corrected chi connectivity index (χ3v) is 3.67. The monoisotopic (exact) mass is 389 g/mol. The van der Waals surface area contributed by atoms with Crippen LogP contribution in [0.3, 0.4) is 0 Å². The molecule has 0 aliphatic rings. The Morgan fingerprint density at radius 1 is 1.33 bits per heavy atom. The molecule has 2 rings (SSSR count). The quantitative estimate of drug-likeness (QED) is 0.480. The fraction of sp³-hybridized carbons (Fsp3) is 0. The maximum atomic E-state index is 12.1. The summed E-state index contributed by atoms with van der Waals surface area (Å²) in [5.41, 5.74) is -0.422. The molecule has 21 heavy (non-hydrogen) atoms. The highest BCUT2D eigenvalue weighted by molar-refractivity contribution is 9.10. The summed E-state index contributed by atoms with van der Waals surface area (Å²) in [7, 11) is 0. The first-order chi connectivity index (χ1) is 9.88. The van der Waals surface area contributed by atoms with Gasteiger partial charge in [0.1, 0.15) is 10.4 Å². The minimum atomic E-state index is -0.656. The SMILES string of the molecule is O=C(Nc1cccc(Br)n1)c1cc([N+](=O)[O-])cc(Cl)c1Cl. The molecule has 1 heterocycles. The van der Waals surface area contributed by atoms with Crippen molar-refractivity contribution in [1.29, 1.82) is 0 Å². The smallest absolute Gasteiger partial charge is 0.271 e. The van der Waals surface area contributed by atoms with Crippen molar-refractivity contribution in [2.24, 2.45) is 0 Å². The number of hydrogen-bond donors (Lipinski definition) is 1. The lowest BCUT2D eigenvalue weighted by molar-refractivity contribution is -0.384. The minimum Gasteiger partial charge on any atom is -0.306 e. The van der Waals surface area contributed by atoms with Gasteiger partial charge >= 0.3 is 0 Å². The van der Waals surface area contributed by atoms with E-state index < -0.39 is 10.8 Å². The number of nitrogens with zero attached hydrogens (tertiary/aromatic N) is 2. The van der Waals surface area contributed by atoms with Crippen molar-refractivity contribution in [3.63, 3.8) is 0 Å². The zero-order valence-electron chi connectivity index (χ0n) is 10.1. The molecule has 1 amide bonds. The number of aromatic nitrogens is 1. The number of non-ortho nitro benzene ring substituents is 1. The highest BCUT2D eigenvalue weighted by Gasteiger charge is 2.19. The number of anilines is 1. The second-order valence-corrected chi connectivity index (χ2v) is 5.44. The zero-order valence-corrected chi connectivity index (χ0v) is 13.2. The van der Waals surface area contributed by atoms with Crippen molar-refractivity contribution in [2.75, 3.05) is 5.32 Å². The van der Waals surface area contributed by atoms with Gasteiger partial charge in [-0.15, -0.1) is 0 Å². The van der Waals surface area contributed by atoms with Gasteiger partial charge in [0.05, 0.1) is 20.5 Å². The standard InChI is InChI=1S/C12H6BrCl2N3O3/c13-9-2-1-3-10(16-9)17-12(19)7-4-6(18(20)21)5-8(14)11(7)15/h1-5H,(H,16,17,19). The van der Waals surface area contributed by atoms with Crippen LogP contribution in [0.1, 0.15) is 10.4 Å². The Kier molecular flexibility index (Phi) is 4.76. The lowest BCUT2D eigenvalue weighted by Crippen LogP contribution is -2.14. The van der Waals surface area contributed by atoms with E-state index in [0.29, 0.717) is 4.60 Å². The number of nitro benzene ring substituents is 1. The van der Waals surface area contributed by atoms with E-state index in [1.807, 2.05) is 0 Å². The summed E-state index contributed by atoms with van der Waals surface area (Å²) in [5.74, 6) is -0.371. The van der Waals surface area contributed by atoms with E-state index in [2.05, 4.69) is 26.2 Å². The average molecular weight is 391 g/mol. The van der Waals surface area contributed by atoms with Crippen LogP contribution in [0.4, 0.5) is 11.5 Å². The fourth-order valence-electron chi connectivity index (χ4n) is 1.51. The molecule has 1 N–H and O–H groups in total. The number of carbonyl (C=O) groups excluding carboxylic acids is 1. The van der Waals surface area contributed by atoms with Crippen LogP contribution in [0, 0.1) is 10.1 Å². The molecule has 0 aliphatic carbocycles. The Labute approximate surface area is 137 Å². The molecule has 0 aliphatic heterocycles. The van der Waals surface area contributed by atoms with Crippen molar-refractivity contribution < 1.29 is 9.72 Å². The van der Waals surface area contributed by atoms with Crippen molar-refractivity contribution in [1.82, 2.24) is 4.98 Å². The maximum Gasteiger partial charge on any atom is 0.271 e. The number of nitrogens with one attached hydrogen (secondary N) is 1. The minimum absolute atomic E-state index is 0.0604. The number of carbonyl (C=O) groups is 1. The van der Waals surface area contributed by atoms with E-state index >= 15 is 0 Å². The molecule has 0 saturated carbocycles. The Morgan fingerprint density at radius 3 is 2.67 bits per heavy atom. The van der Waals surface area contributed by atoms with Crippen LogP contribution in [0.25, 0.3) is 0 Å². The van der Waals surface area contributed by atoms with Gasteiger partial charge in [-0.3, -0.25) is 14.9 Å². The largest absolute Gasteiger partial charge is 0.306 e. The lowest BCUT2D eigenvalue weighted by atomic mass is 10.2. The number of amides is 1. The molecule has 0 radical (unpaired) electrons. The zero-order chi connectivity index (χ0) is 15.6. The van der Waals surface area contributed by atoms with Gasteiger partial charge in [-0.05, 0) is 28.1 Å². The second kappa shape index (κ2) is 6.38. The number of benzene rings is 1. The van der Waals surface area contributed by atoms with Gasteiger partial charge in [0.25, 0.3) is 11.6 Å². The Balaban J connectivity index is 2.37. The molecule has 9 heteroatoms. The molecule has 0 fully saturated rings. The van der Waals surface area contributed by atoms with Crippen molar-refractivity contribution in [3.8, 4) is 0 Å². The molecule has 108 valence electrons. The number of nitro groups is 1. The predicted octanol–water partition coefficient (Wildman–Crippen LogP) is 4.31. The van der Waals surface area contributed by atoms with E-state index in [9.17, 15) is 14.9 Å². The van der Waals surface area contributed by atoms with E-state index in [1.165, 1.54) is 0 Å². The summed E-state index contributed by atoms with van der Waals surface area (Å²) in [6.45, 7) is 0. The van der Waals surface area contributed by atoms with Crippen molar-refractivity contribution in [3.05, 3.63) is 60.7 Å². The molecule has 0 saturated heterocycles. The maximum absolute atomic E-state index is 12.1. The summed E-state index contributed by atoms with van der Waals surface area (Å²) < 4.78 is 0.531. The topological polar surface area (TPSA) is 85.1 Å². The molecule has 1 aromatic carbocycles. The van der Waals surface area contributed by atoms with E-state index in [0.717, 1.165) is 12.1 Å². The van der Waals surface area contributed by atoms with Gasteiger partial charge in [0, 0.05) is 12.1 Å². The first-order valence-corrected chi connectivity index (χ1v) is 7.00. The molecular weight excluding hydrogens is 385 g/mol. The van der Waals surface area contributed by atoms with Crippen LogP contribution >= 0.6 is 39.1 Å². The van der Waals surface area contributed by atoms with Crippen LogP contribution in [-0.4, -0.2) is 15.8 Å². The van der Waals surface area contributed by atoms with Crippen LogP contribution in [0.5, 0.6) is 0 Å². The average Bonchev–Trinajstić information content (AvgIpc) is 2.41. The number of halogens is 3. The van der Waals surface area contributed by atoms with E-state index in [-0.39, 0.29) is 27.1 Å². The molecule has 1 aromatic heterocycles. The van der Waals surface area contributed by atoms with E-state index in [4.69, 9.17) is 23.2 Å². The van der Waals surface area contributed by atoms with Gasteiger partial charge < -0.3 is 5.32 Å². The second-order valence-electron chi connectivity index (χ2n) is 3.85. The number of rotatable bonds is 3. The van der Waals surface area contributed by atoms with Gasteiger partial charge in [-0.1, -0.05) is 29.3 Å². The Bertz CT molecular complexity index is 740.